The fourth-order valence-electron chi connectivity index (χ4n) is 2.70. The quantitative estimate of drug-likeness (QED) is 0.275. The van der Waals surface area contributed by atoms with Gasteiger partial charge in [0.2, 0.25) is 5.95 Å². The first-order chi connectivity index (χ1) is 11.6. The fourth-order valence-corrected chi connectivity index (χ4v) is 2.70. The number of benzene rings is 1. The Morgan fingerprint density at radius 2 is 1.88 bits per heavy atom. The first-order valence-corrected chi connectivity index (χ1v) is 7.67. The van der Waals surface area contributed by atoms with Gasteiger partial charge in [0.15, 0.2) is 5.96 Å². The highest BCUT2D eigenvalue weighted by atomic mass is 16.2. The number of aryl methyl sites for hydroxylation is 1. The van der Waals surface area contributed by atoms with Crippen molar-refractivity contribution >= 4 is 23.7 Å². The zero-order chi connectivity index (χ0) is 17.1. The van der Waals surface area contributed by atoms with Crippen LogP contribution in [0, 0.1) is 5.41 Å². The zero-order valence-corrected chi connectivity index (χ0v) is 13.0. The normalized spacial score (nSPS) is 13.2. The third-order valence-electron chi connectivity index (χ3n) is 3.83. The van der Waals surface area contributed by atoms with Crippen LogP contribution in [0.3, 0.4) is 0 Å². The number of fused-ring (bicyclic) bond motifs is 1. The van der Waals surface area contributed by atoms with E-state index in [4.69, 9.17) is 11.1 Å². The topological polar surface area (TPSA) is 128 Å². The van der Waals surface area contributed by atoms with Crippen molar-refractivity contribution in [1.82, 2.24) is 14.9 Å². The largest absolute Gasteiger partial charge is 0.370 e. The molecule has 24 heavy (non-hydrogen) atoms. The van der Waals surface area contributed by atoms with Crippen molar-refractivity contribution in [2.45, 2.75) is 19.3 Å². The number of aromatic amines is 1. The number of imidazole rings is 1. The Morgan fingerprint density at radius 3 is 2.50 bits per heavy atom. The molecule has 3 rings (SSSR count). The summed E-state index contributed by atoms with van der Waals surface area (Å²) in [4.78, 5) is 32.9. The van der Waals surface area contributed by atoms with Crippen LogP contribution in [0.15, 0.2) is 30.5 Å². The molecular weight excluding hydrogens is 308 g/mol. The monoisotopic (exact) mass is 326 g/mol. The van der Waals surface area contributed by atoms with Crippen LogP contribution in [0.25, 0.3) is 0 Å². The lowest BCUT2D eigenvalue weighted by Gasteiger charge is -2.13. The first kappa shape index (κ1) is 15.7. The number of nitrogens with two attached hydrogens (primary N) is 1. The Labute approximate surface area is 138 Å². The molecule has 0 radical (unpaired) electrons. The summed E-state index contributed by atoms with van der Waals surface area (Å²) in [6.07, 6.45) is 3.94. The molecule has 0 bridgehead atoms. The second-order valence-electron chi connectivity index (χ2n) is 5.54. The Morgan fingerprint density at radius 1 is 1.21 bits per heavy atom. The number of amides is 2. The third-order valence-corrected chi connectivity index (χ3v) is 3.83. The average molecular weight is 326 g/mol. The molecule has 5 N–H and O–H groups in total. The number of imide groups is 1. The fraction of sp³-hybridized carbons (Fsp3) is 0.250. The van der Waals surface area contributed by atoms with E-state index >= 15 is 0 Å². The van der Waals surface area contributed by atoms with Crippen LogP contribution >= 0.6 is 0 Å². The minimum atomic E-state index is -0.219. The number of carbonyl (C=O) groups is 2. The van der Waals surface area contributed by atoms with Crippen molar-refractivity contribution in [1.29, 1.82) is 5.41 Å². The Kier molecular flexibility index (Phi) is 4.28. The van der Waals surface area contributed by atoms with Gasteiger partial charge in [0.25, 0.3) is 11.8 Å². The smallest absolute Gasteiger partial charge is 0.261 e. The number of hydrogen-bond donors (Lipinski definition) is 4. The summed E-state index contributed by atoms with van der Waals surface area (Å²) in [5.74, 6) is -0.189. The third kappa shape index (κ3) is 3.12. The average Bonchev–Trinajstić information content (AvgIpc) is 3.09. The minimum absolute atomic E-state index is 0.179. The standard InChI is InChI=1S/C16H18N6O2/c17-15(18)21-16-19-9-10(20-16)5-3-4-8-22-13(23)11-6-1-2-7-12(11)14(22)24/h1-2,6-7,9H,3-5,8H2,(H5,17,18,19,20,21). The molecule has 2 heterocycles. The summed E-state index contributed by atoms with van der Waals surface area (Å²) in [5, 5.41) is 9.71. The zero-order valence-electron chi connectivity index (χ0n) is 13.0. The first-order valence-electron chi connectivity index (χ1n) is 7.67. The number of carbonyl (C=O) groups excluding carboxylic acids is 2. The van der Waals surface area contributed by atoms with Crippen molar-refractivity contribution in [3.05, 3.63) is 47.3 Å². The number of hydrogen-bond acceptors (Lipinski definition) is 4. The predicted molar refractivity (Wildman–Crippen MR) is 88.9 cm³/mol. The Balaban J connectivity index is 1.49. The highest BCUT2D eigenvalue weighted by molar-refractivity contribution is 6.21. The van der Waals surface area contributed by atoms with Gasteiger partial charge in [-0.15, -0.1) is 0 Å². The molecule has 1 aliphatic heterocycles. The van der Waals surface area contributed by atoms with E-state index < -0.39 is 0 Å². The molecule has 0 fully saturated rings. The molecule has 124 valence electrons. The lowest BCUT2D eigenvalue weighted by atomic mass is 10.1. The summed E-state index contributed by atoms with van der Waals surface area (Å²) in [6, 6.07) is 6.89. The molecule has 1 aromatic heterocycles. The number of aromatic nitrogens is 2. The predicted octanol–water partition coefficient (Wildman–Crippen LogP) is 1.33. The van der Waals surface area contributed by atoms with Crippen LogP contribution in [0.5, 0.6) is 0 Å². The molecule has 0 spiro atoms. The Hall–Kier alpha value is -3.16. The van der Waals surface area contributed by atoms with Crippen molar-refractivity contribution in [3.8, 4) is 0 Å². The van der Waals surface area contributed by atoms with Crippen LogP contribution in [-0.2, 0) is 6.42 Å². The van der Waals surface area contributed by atoms with Crippen LogP contribution < -0.4 is 11.1 Å². The Bertz CT molecular complexity index is 762. The number of guanidine groups is 1. The SMILES string of the molecule is N=C(N)Nc1nc(CCCCN2C(=O)c3ccccc3C2=O)c[nH]1. The molecule has 0 saturated heterocycles. The molecule has 0 aliphatic carbocycles. The molecular formula is C16H18N6O2. The summed E-state index contributed by atoms with van der Waals surface area (Å²) < 4.78 is 0. The van der Waals surface area contributed by atoms with Gasteiger partial charge < -0.3 is 10.7 Å². The van der Waals surface area contributed by atoms with Crippen molar-refractivity contribution in [2.75, 3.05) is 11.9 Å². The number of nitrogens with zero attached hydrogens (tertiary/aromatic N) is 2. The van der Waals surface area contributed by atoms with Gasteiger partial charge in [-0.2, -0.15) is 0 Å². The molecule has 8 nitrogen and oxygen atoms in total. The summed E-state index contributed by atoms with van der Waals surface area (Å²) in [5.41, 5.74) is 7.03. The van der Waals surface area contributed by atoms with Gasteiger partial charge in [0, 0.05) is 12.7 Å². The van der Waals surface area contributed by atoms with E-state index in [1.54, 1.807) is 30.5 Å². The van der Waals surface area contributed by atoms with Crippen LogP contribution in [0.2, 0.25) is 0 Å². The molecule has 2 aromatic rings. The summed E-state index contributed by atoms with van der Waals surface area (Å²) >= 11 is 0. The highest BCUT2D eigenvalue weighted by Crippen LogP contribution is 2.22. The van der Waals surface area contributed by atoms with Crippen molar-refractivity contribution in [2.24, 2.45) is 5.73 Å². The lowest BCUT2D eigenvalue weighted by Crippen LogP contribution is -2.30. The van der Waals surface area contributed by atoms with Crippen LogP contribution in [0.4, 0.5) is 5.95 Å². The van der Waals surface area contributed by atoms with Gasteiger partial charge in [-0.05, 0) is 31.4 Å². The molecule has 1 aromatic carbocycles. The lowest BCUT2D eigenvalue weighted by molar-refractivity contribution is 0.0652. The number of rotatable bonds is 6. The van der Waals surface area contributed by atoms with Gasteiger partial charge >= 0.3 is 0 Å². The highest BCUT2D eigenvalue weighted by Gasteiger charge is 2.34. The summed E-state index contributed by atoms with van der Waals surface area (Å²) in [6.45, 7) is 0.398. The van der Waals surface area contributed by atoms with Crippen LogP contribution in [0.1, 0.15) is 39.3 Å². The molecule has 0 atom stereocenters. The molecule has 0 unspecified atom stereocenters. The molecule has 0 saturated carbocycles. The van der Waals surface area contributed by atoms with Crippen LogP contribution in [-0.4, -0.2) is 39.2 Å². The second-order valence-corrected chi connectivity index (χ2v) is 5.54. The van der Waals surface area contributed by atoms with Gasteiger partial charge in [0.1, 0.15) is 0 Å². The maximum atomic E-state index is 12.2. The number of H-pyrrole nitrogens is 1. The van der Waals surface area contributed by atoms with E-state index in [1.807, 2.05) is 0 Å². The van der Waals surface area contributed by atoms with Crippen molar-refractivity contribution < 1.29 is 9.59 Å². The number of nitrogens with one attached hydrogen (secondary N) is 3. The van der Waals surface area contributed by atoms with Gasteiger partial charge in [-0.1, -0.05) is 12.1 Å². The molecule has 8 heteroatoms. The maximum absolute atomic E-state index is 12.2. The van der Waals surface area contributed by atoms with Gasteiger partial charge in [-0.3, -0.25) is 25.2 Å². The number of anilines is 1. The van der Waals surface area contributed by atoms with Gasteiger partial charge in [-0.25, -0.2) is 4.98 Å². The maximum Gasteiger partial charge on any atom is 0.261 e. The second kappa shape index (κ2) is 6.53. The van der Waals surface area contributed by atoms with E-state index in [2.05, 4.69) is 15.3 Å². The summed E-state index contributed by atoms with van der Waals surface area (Å²) in [7, 11) is 0. The van der Waals surface area contributed by atoms with E-state index in [0.717, 1.165) is 12.1 Å². The number of unbranched alkanes of at least 4 members (excludes halogenated alkanes) is 1. The molecule has 2 amide bonds. The molecule has 1 aliphatic rings. The van der Waals surface area contributed by atoms with Gasteiger partial charge in [0.05, 0.1) is 16.8 Å². The van der Waals surface area contributed by atoms with E-state index in [-0.39, 0.29) is 17.8 Å². The van der Waals surface area contributed by atoms with E-state index in [9.17, 15) is 9.59 Å². The van der Waals surface area contributed by atoms with E-state index in [0.29, 0.717) is 36.5 Å². The van der Waals surface area contributed by atoms with E-state index in [1.165, 1.54) is 4.90 Å². The minimum Gasteiger partial charge on any atom is -0.370 e. The van der Waals surface area contributed by atoms with Crippen molar-refractivity contribution in [3.63, 3.8) is 0 Å².